The van der Waals surface area contributed by atoms with Gasteiger partial charge in [-0.25, -0.2) is 13.6 Å². The van der Waals surface area contributed by atoms with Gasteiger partial charge in [0.1, 0.15) is 11.6 Å². The van der Waals surface area contributed by atoms with Gasteiger partial charge in [-0.3, -0.25) is 4.79 Å². The largest absolute Gasteiger partial charge is 0.465 e. The van der Waals surface area contributed by atoms with E-state index in [4.69, 9.17) is 11.6 Å². The average molecular weight is 408 g/mol. The smallest absolute Gasteiger partial charge is 0.340 e. The maximum atomic E-state index is 14.2. The summed E-state index contributed by atoms with van der Waals surface area (Å²) in [6.07, 6.45) is 1.16. The van der Waals surface area contributed by atoms with E-state index in [0.29, 0.717) is 18.4 Å². The average Bonchev–Trinajstić information content (AvgIpc) is 3.02. The Balaban J connectivity index is 2.04. The Kier molecular flexibility index (Phi) is 5.70. The Morgan fingerprint density at radius 3 is 2.50 bits per heavy atom. The zero-order chi connectivity index (χ0) is 20.6. The second-order valence-corrected chi connectivity index (χ2v) is 7.41. The topological polar surface area (TPSA) is 46.6 Å². The van der Waals surface area contributed by atoms with E-state index < -0.39 is 17.6 Å². The molecule has 3 rings (SSSR count). The Bertz CT molecular complexity index is 945. The monoisotopic (exact) mass is 407 g/mol. The molecule has 7 heteroatoms. The molecule has 1 aliphatic carbocycles. The molecule has 0 radical (unpaired) electrons. The molecule has 0 saturated carbocycles. The van der Waals surface area contributed by atoms with Crippen LogP contribution in [0.4, 0.5) is 8.78 Å². The highest BCUT2D eigenvalue weighted by Gasteiger charge is 2.35. The Labute approximate surface area is 167 Å². The van der Waals surface area contributed by atoms with E-state index in [1.54, 1.807) is 4.90 Å². The highest BCUT2D eigenvalue weighted by molar-refractivity contribution is 6.33. The molecule has 28 heavy (non-hydrogen) atoms. The van der Waals surface area contributed by atoms with Gasteiger partial charge < -0.3 is 9.64 Å². The van der Waals surface area contributed by atoms with Crippen molar-refractivity contribution in [2.45, 2.75) is 38.8 Å². The molecular weight excluding hydrogens is 388 g/mol. The molecule has 1 aliphatic rings. The van der Waals surface area contributed by atoms with Crippen molar-refractivity contribution in [2.24, 2.45) is 0 Å². The lowest BCUT2D eigenvalue weighted by Crippen LogP contribution is -2.39. The number of hydrogen-bond acceptors (Lipinski definition) is 3. The van der Waals surface area contributed by atoms with Crippen molar-refractivity contribution >= 4 is 23.5 Å². The van der Waals surface area contributed by atoms with Gasteiger partial charge in [0.15, 0.2) is 0 Å². The molecule has 0 aliphatic heterocycles. The second-order valence-electron chi connectivity index (χ2n) is 7.01. The molecule has 0 bridgehead atoms. The van der Waals surface area contributed by atoms with Crippen LogP contribution in [0.2, 0.25) is 5.02 Å². The first-order chi connectivity index (χ1) is 13.2. The fourth-order valence-electron chi connectivity index (χ4n) is 3.70. The van der Waals surface area contributed by atoms with Gasteiger partial charge in [0.2, 0.25) is 0 Å². The summed E-state index contributed by atoms with van der Waals surface area (Å²) in [6.45, 7) is 3.72. The van der Waals surface area contributed by atoms with E-state index in [1.165, 1.54) is 31.4 Å². The number of nitrogens with zero attached hydrogens (tertiary/aromatic N) is 1. The molecule has 1 amide bonds. The molecule has 0 aromatic heterocycles. The van der Waals surface area contributed by atoms with E-state index in [-0.39, 0.29) is 34.1 Å². The number of carbonyl (C=O) groups excluding carboxylic acids is 2. The number of esters is 1. The van der Waals surface area contributed by atoms with Crippen molar-refractivity contribution in [3.63, 3.8) is 0 Å². The van der Waals surface area contributed by atoms with Gasteiger partial charge in [0, 0.05) is 6.04 Å². The number of benzene rings is 2. The van der Waals surface area contributed by atoms with Gasteiger partial charge in [-0.15, -0.1) is 0 Å². The lowest BCUT2D eigenvalue weighted by atomic mass is 10.0. The van der Waals surface area contributed by atoms with Crippen molar-refractivity contribution in [1.29, 1.82) is 0 Å². The number of fused-ring (bicyclic) bond motifs is 1. The maximum absolute atomic E-state index is 14.2. The van der Waals surface area contributed by atoms with Crippen LogP contribution in [0.1, 0.15) is 58.2 Å². The standard InChI is InChI=1S/C21H20ClF2NO3/c1-11(2)25(20(26)14-6-5-13(23)9-17(14)22)19-7-4-12-8-18(24)16(10-15(12)19)21(27)28-3/h5-6,8-11,19H,4,7H2,1-3H3/t19-/m1/s1. The molecule has 148 valence electrons. The molecule has 0 fully saturated rings. The highest BCUT2D eigenvalue weighted by Crippen LogP contribution is 2.39. The number of carbonyl (C=O) groups is 2. The molecule has 2 aromatic rings. The molecular formula is C21H20ClF2NO3. The van der Waals surface area contributed by atoms with Crippen LogP contribution in [0.5, 0.6) is 0 Å². The van der Waals surface area contributed by atoms with Gasteiger partial charge in [-0.2, -0.15) is 0 Å². The number of rotatable bonds is 4. The lowest BCUT2D eigenvalue weighted by Gasteiger charge is -2.34. The Morgan fingerprint density at radius 2 is 1.89 bits per heavy atom. The van der Waals surface area contributed by atoms with Crippen LogP contribution in [0.25, 0.3) is 0 Å². The number of methoxy groups -OCH3 is 1. The molecule has 0 saturated heterocycles. The summed E-state index contributed by atoms with van der Waals surface area (Å²) in [7, 11) is 1.19. The summed E-state index contributed by atoms with van der Waals surface area (Å²) < 4.78 is 32.3. The summed E-state index contributed by atoms with van der Waals surface area (Å²) in [6, 6.07) is 5.88. The number of amides is 1. The molecule has 0 unspecified atom stereocenters. The van der Waals surface area contributed by atoms with Crippen molar-refractivity contribution in [1.82, 2.24) is 4.90 Å². The van der Waals surface area contributed by atoms with E-state index >= 15 is 0 Å². The molecule has 0 spiro atoms. The van der Waals surface area contributed by atoms with Gasteiger partial charge in [-0.05, 0) is 68.1 Å². The van der Waals surface area contributed by atoms with Gasteiger partial charge in [-0.1, -0.05) is 11.6 Å². The molecule has 4 nitrogen and oxygen atoms in total. The summed E-state index contributed by atoms with van der Waals surface area (Å²) in [4.78, 5) is 26.7. The number of hydrogen-bond donors (Lipinski definition) is 0. The third-order valence-electron chi connectivity index (χ3n) is 4.97. The Hall–Kier alpha value is -2.47. The van der Waals surface area contributed by atoms with Gasteiger partial charge in [0.05, 0.1) is 29.3 Å². The van der Waals surface area contributed by atoms with Crippen molar-refractivity contribution < 1.29 is 23.1 Å². The second kappa shape index (κ2) is 7.87. The van der Waals surface area contributed by atoms with Crippen LogP contribution in [0, 0.1) is 11.6 Å². The van der Waals surface area contributed by atoms with Crippen molar-refractivity contribution in [3.8, 4) is 0 Å². The third-order valence-corrected chi connectivity index (χ3v) is 5.28. The maximum Gasteiger partial charge on any atom is 0.340 e. The SMILES string of the molecule is COC(=O)c1cc2c(cc1F)CC[C@H]2N(C(=O)c1ccc(F)cc1Cl)C(C)C. The molecule has 1 atom stereocenters. The van der Waals surface area contributed by atoms with Crippen LogP contribution < -0.4 is 0 Å². The normalized spacial score (nSPS) is 15.5. The van der Waals surface area contributed by atoms with E-state index in [9.17, 15) is 18.4 Å². The molecule has 0 heterocycles. The molecule has 2 aromatic carbocycles. The van der Waals surface area contributed by atoms with Crippen LogP contribution >= 0.6 is 11.6 Å². The minimum absolute atomic E-state index is 0.0308. The van der Waals surface area contributed by atoms with Gasteiger partial charge in [0.25, 0.3) is 5.91 Å². The number of aryl methyl sites for hydroxylation is 1. The van der Waals surface area contributed by atoms with Crippen LogP contribution in [0.3, 0.4) is 0 Å². The van der Waals surface area contributed by atoms with Crippen LogP contribution in [-0.2, 0) is 11.2 Å². The summed E-state index contributed by atoms with van der Waals surface area (Å²) >= 11 is 6.09. The number of halogens is 3. The van der Waals surface area contributed by atoms with E-state index in [2.05, 4.69) is 4.74 Å². The first-order valence-corrected chi connectivity index (χ1v) is 9.30. The summed E-state index contributed by atoms with van der Waals surface area (Å²) in [5.41, 5.74) is 1.49. The van der Waals surface area contributed by atoms with Gasteiger partial charge >= 0.3 is 5.97 Å². The zero-order valence-electron chi connectivity index (χ0n) is 15.8. The zero-order valence-corrected chi connectivity index (χ0v) is 16.5. The van der Waals surface area contributed by atoms with Crippen molar-refractivity contribution in [2.75, 3.05) is 7.11 Å². The number of ether oxygens (including phenoxy) is 1. The summed E-state index contributed by atoms with van der Waals surface area (Å²) in [5, 5.41) is 0.0308. The quantitative estimate of drug-likeness (QED) is 0.674. The first kappa shape index (κ1) is 20.3. The van der Waals surface area contributed by atoms with E-state index in [0.717, 1.165) is 11.6 Å². The third kappa shape index (κ3) is 3.61. The first-order valence-electron chi connectivity index (χ1n) is 8.93. The highest BCUT2D eigenvalue weighted by atomic mass is 35.5. The predicted octanol–water partition coefficient (Wildman–Crippen LogP) is 4.94. The fraction of sp³-hybridized carbons (Fsp3) is 0.333. The molecule has 0 N–H and O–H groups in total. The van der Waals surface area contributed by atoms with Crippen LogP contribution in [-0.4, -0.2) is 29.9 Å². The van der Waals surface area contributed by atoms with E-state index in [1.807, 2.05) is 13.8 Å². The minimum atomic E-state index is -0.769. The van der Waals surface area contributed by atoms with Crippen LogP contribution in [0.15, 0.2) is 30.3 Å². The minimum Gasteiger partial charge on any atom is -0.465 e. The van der Waals surface area contributed by atoms with Crippen molar-refractivity contribution in [3.05, 3.63) is 69.2 Å². The Morgan fingerprint density at radius 1 is 1.18 bits per heavy atom. The predicted molar refractivity (Wildman–Crippen MR) is 102 cm³/mol. The summed E-state index contributed by atoms with van der Waals surface area (Å²) in [5.74, 6) is -2.28. The fourth-order valence-corrected chi connectivity index (χ4v) is 3.95. The lowest BCUT2D eigenvalue weighted by molar-refractivity contribution is 0.0595.